The molecule has 0 amide bonds. The Kier molecular flexibility index (Phi) is 2.06. The van der Waals surface area contributed by atoms with E-state index in [9.17, 15) is 4.39 Å². The summed E-state index contributed by atoms with van der Waals surface area (Å²) in [6.07, 6.45) is 5.97. The first-order valence-electron chi connectivity index (χ1n) is 5.83. The Morgan fingerprint density at radius 1 is 1.27 bits per heavy atom. The van der Waals surface area contributed by atoms with Crippen molar-refractivity contribution in [1.82, 2.24) is 5.32 Å². The first-order chi connectivity index (χ1) is 7.30. The van der Waals surface area contributed by atoms with Gasteiger partial charge in [0.25, 0.3) is 0 Å². The molecule has 1 N–H and O–H groups in total. The highest BCUT2D eigenvalue weighted by Crippen LogP contribution is 2.44. The smallest absolute Gasteiger partial charge is 0.128 e. The molecule has 0 aromatic heterocycles. The Labute approximate surface area is 89.7 Å². The summed E-state index contributed by atoms with van der Waals surface area (Å²) >= 11 is 0. The van der Waals surface area contributed by atoms with Crippen LogP contribution in [0.4, 0.5) is 4.39 Å². The summed E-state index contributed by atoms with van der Waals surface area (Å²) in [6, 6.07) is 7.84. The van der Waals surface area contributed by atoms with Crippen LogP contribution in [0.5, 0.6) is 0 Å². The van der Waals surface area contributed by atoms with Gasteiger partial charge in [-0.2, -0.15) is 0 Å². The number of fused-ring (bicyclic) bond motifs is 3. The Hall–Kier alpha value is -0.890. The highest BCUT2D eigenvalue weighted by molar-refractivity contribution is 5.30. The quantitative estimate of drug-likeness (QED) is 0.743. The first-order valence-corrected chi connectivity index (χ1v) is 5.83. The van der Waals surface area contributed by atoms with E-state index in [4.69, 9.17) is 0 Å². The van der Waals surface area contributed by atoms with E-state index in [0.29, 0.717) is 6.04 Å². The zero-order chi connectivity index (χ0) is 10.3. The summed E-state index contributed by atoms with van der Waals surface area (Å²) in [5, 5.41) is 3.57. The molecule has 2 aliphatic heterocycles. The largest absolute Gasteiger partial charge is 0.304 e. The van der Waals surface area contributed by atoms with Crippen LogP contribution in [-0.4, -0.2) is 6.04 Å². The molecule has 1 aromatic carbocycles. The summed E-state index contributed by atoms with van der Waals surface area (Å²) in [4.78, 5) is 0. The fourth-order valence-corrected chi connectivity index (χ4v) is 3.13. The molecule has 2 bridgehead atoms. The molecule has 15 heavy (non-hydrogen) atoms. The summed E-state index contributed by atoms with van der Waals surface area (Å²) in [5.41, 5.74) is 0.843. The van der Waals surface area contributed by atoms with E-state index >= 15 is 0 Å². The van der Waals surface area contributed by atoms with Crippen LogP contribution < -0.4 is 5.32 Å². The van der Waals surface area contributed by atoms with Crippen molar-refractivity contribution in [3.8, 4) is 0 Å². The molecule has 2 unspecified atom stereocenters. The third-order valence-corrected chi connectivity index (χ3v) is 3.87. The molecule has 3 aliphatic rings. The van der Waals surface area contributed by atoms with Crippen LogP contribution in [0.2, 0.25) is 0 Å². The van der Waals surface area contributed by atoms with E-state index < -0.39 is 0 Å². The van der Waals surface area contributed by atoms with Crippen molar-refractivity contribution in [1.29, 1.82) is 0 Å². The minimum absolute atomic E-state index is 0.0352. The van der Waals surface area contributed by atoms with Gasteiger partial charge in [0.2, 0.25) is 0 Å². The number of benzene rings is 1. The molecule has 1 saturated carbocycles. The van der Waals surface area contributed by atoms with Gasteiger partial charge in [0.1, 0.15) is 5.82 Å². The lowest BCUT2D eigenvalue weighted by molar-refractivity contribution is 0.133. The fourth-order valence-electron chi connectivity index (χ4n) is 3.13. The molecular weight excluding hydrogens is 189 g/mol. The standard InChI is InChI=1S/C13H16FN/c14-12-7-2-1-6-11(12)13-8-4-3-5-10(9-13)15-13/h1-2,6-7,10,15H,3-5,8-9H2. The van der Waals surface area contributed by atoms with Gasteiger partial charge in [0, 0.05) is 17.1 Å². The molecule has 0 spiro atoms. The van der Waals surface area contributed by atoms with Crippen molar-refractivity contribution >= 4 is 0 Å². The maximum atomic E-state index is 13.7. The molecule has 1 aromatic rings. The Morgan fingerprint density at radius 2 is 2.07 bits per heavy atom. The van der Waals surface area contributed by atoms with Gasteiger partial charge in [-0.15, -0.1) is 0 Å². The van der Waals surface area contributed by atoms with Crippen LogP contribution in [0.1, 0.15) is 37.7 Å². The van der Waals surface area contributed by atoms with Crippen LogP contribution in [0.15, 0.2) is 24.3 Å². The molecule has 2 saturated heterocycles. The maximum absolute atomic E-state index is 13.7. The summed E-state index contributed by atoms with van der Waals surface area (Å²) in [7, 11) is 0. The molecule has 2 atom stereocenters. The van der Waals surface area contributed by atoms with Crippen molar-refractivity contribution in [3.63, 3.8) is 0 Å². The maximum Gasteiger partial charge on any atom is 0.128 e. The molecule has 1 nitrogen and oxygen atoms in total. The van der Waals surface area contributed by atoms with Crippen molar-refractivity contribution < 1.29 is 4.39 Å². The lowest BCUT2D eigenvalue weighted by atomic mass is 9.74. The number of hydrogen-bond donors (Lipinski definition) is 1. The summed E-state index contributed by atoms with van der Waals surface area (Å²) in [5.74, 6) is -0.0506. The lowest BCUT2D eigenvalue weighted by Crippen LogP contribution is -2.60. The predicted octanol–water partition coefficient (Wildman–Crippen LogP) is 2.96. The second-order valence-corrected chi connectivity index (χ2v) is 4.85. The first kappa shape index (κ1) is 9.34. The van der Waals surface area contributed by atoms with Crippen LogP contribution in [0.25, 0.3) is 0 Å². The highest BCUT2D eigenvalue weighted by atomic mass is 19.1. The van der Waals surface area contributed by atoms with Gasteiger partial charge in [-0.05, 0) is 25.3 Å². The zero-order valence-electron chi connectivity index (χ0n) is 8.80. The third-order valence-electron chi connectivity index (χ3n) is 3.87. The molecule has 2 heteroatoms. The second-order valence-electron chi connectivity index (χ2n) is 4.85. The highest BCUT2D eigenvalue weighted by Gasteiger charge is 2.46. The molecule has 4 rings (SSSR count). The Balaban J connectivity index is 1.96. The van der Waals surface area contributed by atoms with Gasteiger partial charge in [-0.1, -0.05) is 31.0 Å². The third kappa shape index (κ3) is 1.39. The van der Waals surface area contributed by atoms with Crippen molar-refractivity contribution in [2.75, 3.05) is 0 Å². The monoisotopic (exact) mass is 205 g/mol. The SMILES string of the molecule is Fc1ccccc1C12CCCCC(C1)N2. The van der Waals surface area contributed by atoms with E-state index in [1.807, 2.05) is 12.1 Å². The number of halogens is 1. The van der Waals surface area contributed by atoms with E-state index in [1.54, 1.807) is 12.1 Å². The van der Waals surface area contributed by atoms with Gasteiger partial charge in [-0.25, -0.2) is 4.39 Å². The average molecular weight is 205 g/mol. The molecule has 80 valence electrons. The van der Waals surface area contributed by atoms with Crippen LogP contribution in [0, 0.1) is 5.82 Å². The normalized spacial score (nSPS) is 34.3. The number of hydrogen-bond acceptors (Lipinski definition) is 1. The average Bonchev–Trinajstić information content (AvgIpc) is 2.50. The van der Waals surface area contributed by atoms with Gasteiger partial charge < -0.3 is 5.32 Å². The van der Waals surface area contributed by atoms with Crippen LogP contribution in [0.3, 0.4) is 0 Å². The van der Waals surface area contributed by atoms with Gasteiger partial charge in [0.05, 0.1) is 0 Å². The molecule has 2 heterocycles. The second kappa shape index (κ2) is 3.31. The molecular formula is C13H16FN. The van der Waals surface area contributed by atoms with Crippen molar-refractivity contribution in [2.45, 2.75) is 43.7 Å². The van der Waals surface area contributed by atoms with E-state index in [0.717, 1.165) is 18.4 Å². The number of rotatable bonds is 1. The summed E-state index contributed by atoms with van der Waals surface area (Å²) < 4.78 is 13.7. The van der Waals surface area contributed by atoms with Gasteiger partial charge in [-0.3, -0.25) is 0 Å². The van der Waals surface area contributed by atoms with Crippen molar-refractivity contribution in [2.24, 2.45) is 0 Å². The van der Waals surface area contributed by atoms with Crippen molar-refractivity contribution in [3.05, 3.63) is 35.6 Å². The predicted molar refractivity (Wildman–Crippen MR) is 58.1 cm³/mol. The van der Waals surface area contributed by atoms with E-state index in [1.165, 1.54) is 19.3 Å². The molecule has 1 aliphatic carbocycles. The van der Waals surface area contributed by atoms with Crippen LogP contribution >= 0.6 is 0 Å². The summed E-state index contributed by atoms with van der Waals surface area (Å²) in [6.45, 7) is 0. The van der Waals surface area contributed by atoms with Gasteiger partial charge >= 0.3 is 0 Å². The van der Waals surface area contributed by atoms with E-state index in [-0.39, 0.29) is 11.4 Å². The topological polar surface area (TPSA) is 12.0 Å². The molecule has 3 fully saturated rings. The Bertz CT molecular complexity index is 363. The Morgan fingerprint density at radius 3 is 2.87 bits per heavy atom. The van der Waals surface area contributed by atoms with Crippen LogP contribution in [-0.2, 0) is 5.54 Å². The van der Waals surface area contributed by atoms with Gasteiger partial charge in [0.15, 0.2) is 0 Å². The minimum Gasteiger partial charge on any atom is -0.304 e. The fraction of sp³-hybridized carbons (Fsp3) is 0.538. The number of nitrogens with one attached hydrogen (secondary N) is 1. The molecule has 0 radical (unpaired) electrons. The zero-order valence-corrected chi connectivity index (χ0v) is 8.80. The van der Waals surface area contributed by atoms with E-state index in [2.05, 4.69) is 5.32 Å². The minimum atomic E-state index is -0.0506. The lowest BCUT2D eigenvalue weighted by Gasteiger charge is -2.48.